The fourth-order valence-corrected chi connectivity index (χ4v) is 3.04. The third-order valence-corrected chi connectivity index (χ3v) is 4.39. The highest BCUT2D eigenvalue weighted by atomic mass is 35.5. The number of halogens is 2. The van der Waals surface area contributed by atoms with Crippen LogP contribution < -0.4 is 0 Å². The molecular weight excluding hydrogens is 191 g/mol. The van der Waals surface area contributed by atoms with E-state index in [4.69, 9.17) is 23.2 Å². The van der Waals surface area contributed by atoms with Crippen LogP contribution >= 0.6 is 23.2 Å². The van der Waals surface area contributed by atoms with Crippen LogP contribution in [0, 0.1) is 11.3 Å². The van der Waals surface area contributed by atoms with Gasteiger partial charge in [0.25, 0.3) is 0 Å². The van der Waals surface area contributed by atoms with Crippen LogP contribution in [0.3, 0.4) is 0 Å². The molecule has 72 valence electrons. The van der Waals surface area contributed by atoms with E-state index in [1.54, 1.807) is 0 Å². The normalized spacial score (nSPS) is 25.2. The summed E-state index contributed by atoms with van der Waals surface area (Å²) in [5, 5.41) is 0. The Morgan fingerprint density at radius 2 is 1.75 bits per heavy atom. The molecule has 0 saturated heterocycles. The molecule has 1 unspecified atom stereocenters. The first-order chi connectivity index (χ1) is 5.75. The van der Waals surface area contributed by atoms with Crippen molar-refractivity contribution in [2.45, 2.75) is 39.0 Å². The van der Waals surface area contributed by atoms with E-state index in [2.05, 4.69) is 6.92 Å². The quantitative estimate of drug-likeness (QED) is 0.615. The van der Waals surface area contributed by atoms with Gasteiger partial charge >= 0.3 is 0 Å². The zero-order valence-electron chi connectivity index (χ0n) is 7.78. The Bertz CT molecular complexity index is 128. The van der Waals surface area contributed by atoms with Crippen LogP contribution in [0.5, 0.6) is 0 Å². The smallest absolute Gasteiger partial charge is 0.0282 e. The van der Waals surface area contributed by atoms with Crippen molar-refractivity contribution in [3.05, 3.63) is 0 Å². The van der Waals surface area contributed by atoms with E-state index in [0.29, 0.717) is 11.3 Å². The van der Waals surface area contributed by atoms with Crippen LogP contribution in [0.25, 0.3) is 0 Å². The lowest BCUT2D eigenvalue weighted by Crippen LogP contribution is -2.34. The number of hydrogen-bond acceptors (Lipinski definition) is 0. The first kappa shape index (κ1) is 10.7. The molecule has 0 N–H and O–H groups in total. The summed E-state index contributed by atoms with van der Waals surface area (Å²) in [6, 6.07) is 0. The molecule has 1 aliphatic rings. The van der Waals surface area contributed by atoms with Gasteiger partial charge in [-0.3, -0.25) is 0 Å². The Kier molecular flexibility index (Phi) is 4.19. The first-order valence-corrected chi connectivity index (χ1v) is 5.94. The lowest BCUT2D eigenvalue weighted by Gasteiger charge is -2.40. The minimum absolute atomic E-state index is 0.363. The fourth-order valence-electron chi connectivity index (χ4n) is 2.18. The third-order valence-electron chi connectivity index (χ3n) is 3.39. The average Bonchev–Trinajstić information content (AvgIpc) is 2.17. The second-order valence-corrected chi connectivity index (χ2v) is 4.69. The van der Waals surface area contributed by atoms with Crippen molar-refractivity contribution < 1.29 is 0 Å². The van der Waals surface area contributed by atoms with Crippen LogP contribution in [0.4, 0.5) is 0 Å². The molecule has 0 aromatic heterocycles. The van der Waals surface area contributed by atoms with Crippen molar-refractivity contribution in [2.24, 2.45) is 11.3 Å². The third kappa shape index (κ3) is 2.09. The van der Waals surface area contributed by atoms with Gasteiger partial charge in [0.2, 0.25) is 0 Å². The SMILES string of the molecule is CC(CCl)C1(CCl)CCCCC1. The minimum Gasteiger partial charge on any atom is -0.126 e. The highest BCUT2D eigenvalue weighted by molar-refractivity contribution is 6.19. The molecule has 0 radical (unpaired) electrons. The molecule has 0 heterocycles. The molecule has 0 spiro atoms. The molecular formula is C10H18Cl2. The van der Waals surface area contributed by atoms with Crippen LogP contribution in [-0.2, 0) is 0 Å². The van der Waals surface area contributed by atoms with Gasteiger partial charge in [-0.05, 0) is 24.2 Å². The van der Waals surface area contributed by atoms with E-state index in [0.717, 1.165) is 11.8 Å². The molecule has 1 rings (SSSR count). The topological polar surface area (TPSA) is 0 Å². The Hall–Kier alpha value is 0.580. The second kappa shape index (κ2) is 4.72. The monoisotopic (exact) mass is 208 g/mol. The lowest BCUT2D eigenvalue weighted by atomic mass is 9.68. The summed E-state index contributed by atoms with van der Waals surface area (Å²) in [4.78, 5) is 0. The maximum atomic E-state index is 6.05. The van der Waals surface area contributed by atoms with E-state index in [1.807, 2.05) is 0 Å². The second-order valence-electron chi connectivity index (χ2n) is 4.11. The van der Waals surface area contributed by atoms with Crippen LogP contribution in [0.15, 0.2) is 0 Å². The molecule has 1 atom stereocenters. The van der Waals surface area contributed by atoms with Crippen molar-refractivity contribution in [1.82, 2.24) is 0 Å². The zero-order valence-corrected chi connectivity index (χ0v) is 9.29. The standard InChI is InChI=1S/C10H18Cl2/c1-9(7-11)10(8-12)5-3-2-4-6-10/h9H,2-8H2,1H3. The summed E-state index contributed by atoms with van der Waals surface area (Å²) in [6.45, 7) is 2.24. The van der Waals surface area contributed by atoms with Crippen LogP contribution in [0.2, 0.25) is 0 Å². The van der Waals surface area contributed by atoms with E-state index in [1.165, 1.54) is 32.1 Å². The van der Waals surface area contributed by atoms with Gasteiger partial charge in [0.15, 0.2) is 0 Å². The Labute approximate surface area is 85.6 Å². The highest BCUT2D eigenvalue weighted by Crippen LogP contribution is 2.43. The number of alkyl halides is 2. The molecule has 12 heavy (non-hydrogen) atoms. The van der Waals surface area contributed by atoms with Crippen molar-refractivity contribution >= 4 is 23.2 Å². The lowest BCUT2D eigenvalue weighted by molar-refractivity contribution is 0.149. The fraction of sp³-hybridized carbons (Fsp3) is 1.00. The van der Waals surface area contributed by atoms with Gasteiger partial charge in [0.1, 0.15) is 0 Å². The van der Waals surface area contributed by atoms with E-state index in [9.17, 15) is 0 Å². The summed E-state index contributed by atoms with van der Waals surface area (Å²) in [7, 11) is 0. The Morgan fingerprint density at radius 1 is 1.17 bits per heavy atom. The molecule has 0 aromatic rings. The predicted octanol–water partition coefficient (Wildman–Crippen LogP) is 4.05. The Morgan fingerprint density at radius 3 is 2.17 bits per heavy atom. The van der Waals surface area contributed by atoms with Gasteiger partial charge in [0, 0.05) is 11.8 Å². The van der Waals surface area contributed by atoms with Crippen LogP contribution in [-0.4, -0.2) is 11.8 Å². The molecule has 2 heteroatoms. The van der Waals surface area contributed by atoms with Crippen molar-refractivity contribution in [2.75, 3.05) is 11.8 Å². The number of rotatable bonds is 3. The Balaban J connectivity index is 2.59. The summed E-state index contributed by atoms with van der Waals surface area (Å²) in [6.07, 6.45) is 6.63. The highest BCUT2D eigenvalue weighted by Gasteiger charge is 2.35. The maximum absolute atomic E-state index is 6.05. The van der Waals surface area contributed by atoms with E-state index >= 15 is 0 Å². The summed E-state index contributed by atoms with van der Waals surface area (Å²) in [5.74, 6) is 2.13. The van der Waals surface area contributed by atoms with Gasteiger partial charge < -0.3 is 0 Å². The first-order valence-electron chi connectivity index (χ1n) is 4.87. The van der Waals surface area contributed by atoms with Gasteiger partial charge in [0.05, 0.1) is 0 Å². The molecule has 1 saturated carbocycles. The molecule has 0 bridgehead atoms. The van der Waals surface area contributed by atoms with Crippen LogP contribution in [0.1, 0.15) is 39.0 Å². The maximum Gasteiger partial charge on any atom is 0.0282 e. The van der Waals surface area contributed by atoms with E-state index < -0.39 is 0 Å². The van der Waals surface area contributed by atoms with Gasteiger partial charge in [-0.1, -0.05) is 26.2 Å². The number of hydrogen-bond donors (Lipinski definition) is 0. The summed E-state index contributed by atoms with van der Waals surface area (Å²) < 4.78 is 0. The predicted molar refractivity (Wildman–Crippen MR) is 56.1 cm³/mol. The average molecular weight is 209 g/mol. The molecule has 1 fully saturated rings. The summed E-state index contributed by atoms with van der Waals surface area (Å²) >= 11 is 11.9. The zero-order chi connectivity index (χ0) is 9.03. The summed E-state index contributed by atoms with van der Waals surface area (Å²) in [5.41, 5.74) is 0.363. The largest absolute Gasteiger partial charge is 0.126 e. The van der Waals surface area contributed by atoms with Gasteiger partial charge in [-0.25, -0.2) is 0 Å². The molecule has 0 aliphatic heterocycles. The molecule has 1 aliphatic carbocycles. The molecule has 0 nitrogen and oxygen atoms in total. The minimum atomic E-state index is 0.363. The van der Waals surface area contributed by atoms with Gasteiger partial charge in [-0.15, -0.1) is 23.2 Å². The van der Waals surface area contributed by atoms with Crippen molar-refractivity contribution in [3.8, 4) is 0 Å². The van der Waals surface area contributed by atoms with E-state index in [-0.39, 0.29) is 0 Å². The molecule has 0 amide bonds. The molecule has 0 aromatic carbocycles. The van der Waals surface area contributed by atoms with Crippen molar-refractivity contribution in [3.63, 3.8) is 0 Å². The van der Waals surface area contributed by atoms with Crippen molar-refractivity contribution in [1.29, 1.82) is 0 Å². The van der Waals surface area contributed by atoms with Gasteiger partial charge in [-0.2, -0.15) is 0 Å².